The van der Waals surface area contributed by atoms with Crippen molar-refractivity contribution in [1.29, 1.82) is 0 Å². The van der Waals surface area contributed by atoms with Crippen molar-refractivity contribution >= 4 is 6.09 Å². The smallest absolute Gasteiger partial charge is 0.411 e. The molecule has 0 radical (unpaired) electrons. The highest BCUT2D eigenvalue weighted by Gasteiger charge is 2.49. The Morgan fingerprint density at radius 1 is 1.53 bits per heavy atom. The predicted octanol–water partition coefficient (Wildman–Crippen LogP) is 2.70. The van der Waals surface area contributed by atoms with Gasteiger partial charge in [0.2, 0.25) is 0 Å². The molecular weight excluding hydrogens is 232 g/mol. The molecule has 1 fully saturated rings. The van der Waals surface area contributed by atoms with Crippen molar-refractivity contribution in [2.24, 2.45) is 0 Å². The molecule has 17 heavy (non-hydrogen) atoms. The standard InChI is InChI=1S/C11H17F2NO3/c1-7(15)8-5-11(12,13)6-14(8)9(16)17-10(2,3)4/h8,15H,1,5-6H2,2-4H3/t8-/m0/s1. The van der Waals surface area contributed by atoms with Crippen LogP contribution in [0.5, 0.6) is 0 Å². The average molecular weight is 249 g/mol. The minimum Gasteiger partial charge on any atom is -0.511 e. The minimum atomic E-state index is -3.02. The fourth-order valence-corrected chi connectivity index (χ4v) is 1.63. The van der Waals surface area contributed by atoms with E-state index in [9.17, 15) is 18.7 Å². The summed E-state index contributed by atoms with van der Waals surface area (Å²) in [6.07, 6.45) is -1.49. The molecule has 0 aromatic rings. The molecule has 6 heteroatoms. The maximum atomic E-state index is 13.2. The van der Waals surface area contributed by atoms with Gasteiger partial charge in [-0.2, -0.15) is 0 Å². The van der Waals surface area contributed by atoms with Crippen LogP contribution >= 0.6 is 0 Å². The third-order valence-corrected chi connectivity index (χ3v) is 2.28. The number of carbonyl (C=O) groups is 1. The number of rotatable bonds is 1. The van der Waals surface area contributed by atoms with Gasteiger partial charge in [-0.25, -0.2) is 13.6 Å². The molecule has 1 aliphatic heterocycles. The highest BCUT2D eigenvalue weighted by Crippen LogP contribution is 2.35. The molecule has 1 N–H and O–H groups in total. The number of halogens is 2. The topological polar surface area (TPSA) is 49.8 Å². The van der Waals surface area contributed by atoms with Gasteiger partial charge < -0.3 is 9.84 Å². The van der Waals surface area contributed by atoms with Crippen LogP contribution in [0.3, 0.4) is 0 Å². The molecule has 1 aliphatic rings. The van der Waals surface area contributed by atoms with Crippen LogP contribution in [0.4, 0.5) is 13.6 Å². The second-order valence-electron chi connectivity index (χ2n) is 5.18. The van der Waals surface area contributed by atoms with Crippen molar-refractivity contribution in [3.8, 4) is 0 Å². The van der Waals surface area contributed by atoms with E-state index in [1.54, 1.807) is 20.8 Å². The van der Waals surface area contributed by atoms with Crippen molar-refractivity contribution in [2.45, 2.75) is 44.8 Å². The van der Waals surface area contributed by atoms with Crippen molar-refractivity contribution in [1.82, 2.24) is 4.90 Å². The second-order valence-corrected chi connectivity index (χ2v) is 5.18. The molecule has 1 amide bonds. The Morgan fingerprint density at radius 3 is 2.47 bits per heavy atom. The number of carbonyl (C=O) groups excluding carboxylic acids is 1. The molecule has 0 aromatic carbocycles. The van der Waals surface area contributed by atoms with Crippen LogP contribution in [-0.2, 0) is 4.74 Å². The van der Waals surface area contributed by atoms with E-state index in [0.29, 0.717) is 0 Å². The Morgan fingerprint density at radius 2 is 2.06 bits per heavy atom. The zero-order valence-corrected chi connectivity index (χ0v) is 10.2. The van der Waals surface area contributed by atoms with Gasteiger partial charge in [0, 0.05) is 6.42 Å². The van der Waals surface area contributed by atoms with Crippen molar-refractivity contribution in [2.75, 3.05) is 6.54 Å². The fourth-order valence-electron chi connectivity index (χ4n) is 1.63. The number of aliphatic hydroxyl groups excluding tert-OH is 1. The summed E-state index contributed by atoms with van der Waals surface area (Å²) < 4.78 is 31.4. The van der Waals surface area contributed by atoms with Gasteiger partial charge in [-0.1, -0.05) is 6.58 Å². The zero-order valence-electron chi connectivity index (χ0n) is 10.2. The molecule has 1 saturated heterocycles. The summed E-state index contributed by atoms with van der Waals surface area (Å²) in [5.74, 6) is -3.47. The molecule has 0 bridgehead atoms. The normalized spacial score (nSPS) is 23.6. The summed E-state index contributed by atoms with van der Waals surface area (Å²) in [4.78, 5) is 12.5. The van der Waals surface area contributed by atoms with Crippen LogP contribution in [0, 0.1) is 0 Å². The fraction of sp³-hybridized carbons (Fsp3) is 0.727. The lowest BCUT2D eigenvalue weighted by Crippen LogP contribution is -2.41. The average Bonchev–Trinajstić information content (AvgIpc) is 2.38. The van der Waals surface area contributed by atoms with Crippen LogP contribution in [0.25, 0.3) is 0 Å². The number of hydrogen-bond acceptors (Lipinski definition) is 3. The Hall–Kier alpha value is -1.33. The van der Waals surface area contributed by atoms with E-state index in [0.717, 1.165) is 4.90 Å². The number of amides is 1. The van der Waals surface area contributed by atoms with Crippen LogP contribution in [0.15, 0.2) is 12.3 Å². The van der Waals surface area contributed by atoms with E-state index in [2.05, 4.69) is 6.58 Å². The molecule has 1 heterocycles. The first kappa shape index (κ1) is 13.7. The monoisotopic (exact) mass is 249 g/mol. The van der Waals surface area contributed by atoms with Crippen LogP contribution in [0.1, 0.15) is 27.2 Å². The lowest BCUT2D eigenvalue weighted by Gasteiger charge is -2.27. The Bertz CT molecular complexity index is 336. The summed E-state index contributed by atoms with van der Waals surface area (Å²) in [5.41, 5.74) is -0.768. The summed E-state index contributed by atoms with van der Waals surface area (Å²) >= 11 is 0. The number of hydrogen-bond donors (Lipinski definition) is 1. The van der Waals surface area contributed by atoms with Crippen molar-refractivity contribution in [3.63, 3.8) is 0 Å². The molecular formula is C11H17F2NO3. The van der Waals surface area contributed by atoms with Gasteiger partial charge in [-0.05, 0) is 20.8 Å². The lowest BCUT2D eigenvalue weighted by molar-refractivity contribution is -0.00241. The van der Waals surface area contributed by atoms with Gasteiger partial charge in [-0.15, -0.1) is 0 Å². The summed E-state index contributed by atoms with van der Waals surface area (Å²) in [5, 5.41) is 9.22. The van der Waals surface area contributed by atoms with E-state index >= 15 is 0 Å². The molecule has 0 spiro atoms. The van der Waals surface area contributed by atoms with Crippen LogP contribution < -0.4 is 0 Å². The zero-order chi connectivity index (χ0) is 13.4. The quantitative estimate of drug-likeness (QED) is 0.727. The molecule has 98 valence electrons. The molecule has 0 aliphatic carbocycles. The first-order chi connectivity index (χ1) is 7.52. The molecule has 1 rings (SSSR count). The van der Waals surface area contributed by atoms with Gasteiger partial charge in [0.1, 0.15) is 11.4 Å². The molecule has 0 unspecified atom stereocenters. The Kier molecular flexibility index (Phi) is 3.36. The van der Waals surface area contributed by atoms with Gasteiger partial charge in [0.05, 0.1) is 12.6 Å². The van der Waals surface area contributed by atoms with Gasteiger partial charge in [0.15, 0.2) is 0 Å². The SMILES string of the molecule is C=C(O)[C@@H]1CC(F)(F)CN1C(=O)OC(C)(C)C. The largest absolute Gasteiger partial charge is 0.511 e. The van der Waals surface area contributed by atoms with E-state index in [1.165, 1.54) is 0 Å². The predicted molar refractivity (Wildman–Crippen MR) is 58.1 cm³/mol. The van der Waals surface area contributed by atoms with E-state index in [4.69, 9.17) is 4.74 Å². The van der Waals surface area contributed by atoms with Crippen molar-refractivity contribution < 1.29 is 23.4 Å². The number of alkyl halides is 2. The van der Waals surface area contributed by atoms with E-state index < -0.39 is 42.4 Å². The van der Waals surface area contributed by atoms with Gasteiger partial charge >= 0.3 is 6.09 Å². The highest BCUT2D eigenvalue weighted by molar-refractivity contribution is 5.69. The number of likely N-dealkylation sites (tertiary alicyclic amines) is 1. The lowest BCUT2D eigenvalue weighted by atomic mass is 10.1. The minimum absolute atomic E-state index is 0.451. The maximum Gasteiger partial charge on any atom is 0.411 e. The van der Waals surface area contributed by atoms with E-state index in [-0.39, 0.29) is 0 Å². The van der Waals surface area contributed by atoms with Crippen molar-refractivity contribution in [3.05, 3.63) is 12.3 Å². The molecule has 0 saturated carbocycles. The summed E-state index contributed by atoms with van der Waals surface area (Å²) in [7, 11) is 0. The first-order valence-electron chi connectivity index (χ1n) is 5.27. The number of aliphatic hydroxyl groups is 1. The maximum absolute atomic E-state index is 13.2. The third kappa shape index (κ3) is 3.57. The first-order valence-corrected chi connectivity index (χ1v) is 5.27. The summed E-state index contributed by atoms with van der Waals surface area (Å²) in [6.45, 7) is 7.37. The Labute approximate surface area is 98.9 Å². The Balaban J connectivity index is 2.81. The van der Waals surface area contributed by atoms with Gasteiger partial charge in [-0.3, -0.25) is 4.90 Å². The summed E-state index contributed by atoms with van der Waals surface area (Å²) in [6, 6.07) is -1.08. The number of ether oxygens (including phenoxy) is 1. The highest BCUT2D eigenvalue weighted by atomic mass is 19.3. The molecule has 4 nitrogen and oxygen atoms in total. The third-order valence-electron chi connectivity index (χ3n) is 2.28. The second kappa shape index (κ2) is 4.16. The molecule has 1 atom stereocenters. The van der Waals surface area contributed by atoms with Crippen LogP contribution in [-0.4, -0.2) is 40.2 Å². The van der Waals surface area contributed by atoms with Gasteiger partial charge in [0.25, 0.3) is 5.92 Å². The van der Waals surface area contributed by atoms with Crippen LogP contribution in [0.2, 0.25) is 0 Å². The molecule has 0 aromatic heterocycles. The number of nitrogens with zero attached hydrogens (tertiary/aromatic N) is 1. The van der Waals surface area contributed by atoms with E-state index in [1.807, 2.05) is 0 Å².